The minimum atomic E-state index is -0.146. The molecule has 1 unspecified atom stereocenters. The molecule has 4 heteroatoms. The molecule has 1 aromatic carbocycles. The number of benzene rings is 1. The highest BCUT2D eigenvalue weighted by Gasteiger charge is 2.31. The maximum Gasteiger partial charge on any atom is 0.231 e. The van der Waals surface area contributed by atoms with Gasteiger partial charge in [0.2, 0.25) is 5.91 Å². The lowest BCUT2D eigenvalue weighted by molar-refractivity contribution is -0.123. The van der Waals surface area contributed by atoms with E-state index in [-0.39, 0.29) is 17.9 Å². The Bertz CT molecular complexity index is 427. The molecule has 1 aromatic rings. The van der Waals surface area contributed by atoms with E-state index >= 15 is 0 Å². The number of ether oxygens (including phenoxy) is 1. The second-order valence-electron chi connectivity index (χ2n) is 4.60. The summed E-state index contributed by atoms with van der Waals surface area (Å²) in [6.07, 6.45) is 1.01. The summed E-state index contributed by atoms with van der Waals surface area (Å²) in [5.41, 5.74) is 1.01. The Morgan fingerprint density at radius 1 is 1.41 bits per heavy atom. The van der Waals surface area contributed by atoms with E-state index in [0.717, 1.165) is 30.8 Å². The third kappa shape index (κ3) is 2.00. The van der Waals surface area contributed by atoms with Crippen LogP contribution in [-0.2, 0) is 4.79 Å². The second kappa shape index (κ2) is 4.37. The largest absolute Gasteiger partial charge is 0.492 e. The molecule has 2 N–H and O–H groups in total. The smallest absolute Gasteiger partial charge is 0.231 e. The van der Waals surface area contributed by atoms with Crippen molar-refractivity contribution >= 4 is 5.91 Å². The molecular weight excluding hydrogens is 216 g/mol. The Kier molecular flexibility index (Phi) is 2.73. The zero-order chi connectivity index (χ0) is 11.7. The molecular formula is C13H16N2O2. The van der Waals surface area contributed by atoms with Crippen LogP contribution in [0.2, 0.25) is 0 Å². The third-order valence-corrected chi connectivity index (χ3v) is 3.42. The summed E-state index contributed by atoms with van der Waals surface area (Å²) in [4.78, 5) is 12.1. The number of carbonyl (C=O) groups is 1. The molecule has 0 spiro atoms. The van der Waals surface area contributed by atoms with Crippen LogP contribution in [0.1, 0.15) is 17.9 Å². The fourth-order valence-corrected chi connectivity index (χ4v) is 2.46. The summed E-state index contributed by atoms with van der Waals surface area (Å²) in [5, 5.41) is 6.32. The van der Waals surface area contributed by atoms with Gasteiger partial charge in [0.25, 0.3) is 0 Å². The number of hydrogen-bond acceptors (Lipinski definition) is 3. The first-order valence-electron chi connectivity index (χ1n) is 6.07. The van der Waals surface area contributed by atoms with Crippen molar-refractivity contribution in [3.63, 3.8) is 0 Å². The summed E-state index contributed by atoms with van der Waals surface area (Å²) < 4.78 is 5.52. The van der Waals surface area contributed by atoms with E-state index in [9.17, 15) is 4.79 Å². The summed E-state index contributed by atoms with van der Waals surface area (Å²) in [5.74, 6) is 0.785. The number of rotatable bonds is 2. The van der Waals surface area contributed by atoms with Crippen molar-refractivity contribution in [3.05, 3.63) is 29.8 Å². The van der Waals surface area contributed by atoms with E-state index < -0.39 is 0 Å². The number of carbonyl (C=O) groups excluding carboxylic acids is 1. The molecule has 2 heterocycles. The maximum absolute atomic E-state index is 12.1. The summed E-state index contributed by atoms with van der Waals surface area (Å²) in [6, 6.07) is 8.04. The number of amides is 1. The topological polar surface area (TPSA) is 50.4 Å². The average molecular weight is 232 g/mol. The van der Waals surface area contributed by atoms with Crippen molar-refractivity contribution in [3.8, 4) is 5.75 Å². The van der Waals surface area contributed by atoms with E-state index in [4.69, 9.17) is 4.74 Å². The van der Waals surface area contributed by atoms with Crippen LogP contribution in [-0.4, -0.2) is 31.6 Å². The molecule has 0 bridgehead atoms. The minimum absolute atomic E-state index is 0.0867. The zero-order valence-corrected chi connectivity index (χ0v) is 9.61. The van der Waals surface area contributed by atoms with Gasteiger partial charge in [-0.05, 0) is 19.0 Å². The molecule has 0 saturated carbocycles. The van der Waals surface area contributed by atoms with E-state index in [1.807, 2.05) is 24.3 Å². The molecule has 4 nitrogen and oxygen atoms in total. The fourth-order valence-electron chi connectivity index (χ4n) is 2.46. The van der Waals surface area contributed by atoms with Crippen LogP contribution in [0.4, 0.5) is 0 Å². The van der Waals surface area contributed by atoms with Gasteiger partial charge in [0.1, 0.15) is 18.3 Å². The molecule has 1 amide bonds. The van der Waals surface area contributed by atoms with Crippen molar-refractivity contribution in [1.82, 2.24) is 10.6 Å². The van der Waals surface area contributed by atoms with Crippen molar-refractivity contribution in [1.29, 1.82) is 0 Å². The normalized spacial score (nSPS) is 26.4. The number of fused-ring (bicyclic) bond motifs is 1. The zero-order valence-electron chi connectivity index (χ0n) is 9.61. The predicted molar refractivity (Wildman–Crippen MR) is 64.1 cm³/mol. The van der Waals surface area contributed by atoms with Gasteiger partial charge in [0, 0.05) is 18.2 Å². The first-order chi connectivity index (χ1) is 8.34. The molecule has 0 radical (unpaired) electrons. The highest BCUT2D eigenvalue weighted by atomic mass is 16.5. The van der Waals surface area contributed by atoms with Gasteiger partial charge in [-0.15, -0.1) is 0 Å². The Hall–Kier alpha value is -1.55. The van der Waals surface area contributed by atoms with Gasteiger partial charge < -0.3 is 15.4 Å². The molecule has 1 fully saturated rings. The summed E-state index contributed by atoms with van der Waals surface area (Å²) in [7, 11) is 0. The molecule has 2 aliphatic rings. The van der Waals surface area contributed by atoms with Crippen LogP contribution in [0.3, 0.4) is 0 Å². The summed E-state index contributed by atoms with van der Waals surface area (Å²) in [6.45, 7) is 2.33. The van der Waals surface area contributed by atoms with Crippen molar-refractivity contribution < 1.29 is 9.53 Å². The van der Waals surface area contributed by atoms with Crippen LogP contribution < -0.4 is 15.4 Å². The molecule has 2 atom stereocenters. The monoisotopic (exact) mass is 232 g/mol. The number of para-hydroxylation sites is 1. The van der Waals surface area contributed by atoms with Crippen LogP contribution >= 0.6 is 0 Å². The Morgan fingerprint density at radius 2 is 2.29 bits per heavy atom. The highest BCUT2D eigenvalue weighted by Crippen LogP contribution is 2.33. The minimum Gasteiger partial charge on any atom is -0.492 e. The third-order valence-electron chi connectivity index (χ3n) is 3.42. The van der Waals surface area contributed by atoms with Gasteiger partial charge >= 0.3 is 0 Å². The standard InChI is InChI=1S/C13H16N2O2/c16-13(15-9-5-6-14-7-9)11-8-17-12-4-2-1-3-10(11)12/h1-4,9,11,14H,5-8H2,(H,15,16)/t9-,11?/m1/s1. The van der Waals surface area contributed by atoms with Crippen LogP contribution in [0.25, 0.3) is 0 Å². The Balaban J connectivity index is 1.71. The Labute approximate surface area is 100 Å². The Morgan fingerprint density at radius 3 is 3.12 bits per heavy atom. The van der Waals surface area contributed by atoms with Crippen LogP contribution in [0.15, 0.2) is 24.3 Å². The fraction of sp³-hybridized carbons (Fsp3) is 0.462. The predicted octanol–water partition coefficient (Wildman–Crippen LogP) is 0.641. The van der Waals surface area contributed by atoms with E-state index in [2.05, 4.69) is 10.6 Å². The van der Waals surface area contributed by atoms with Gasteiger partial charge in [-0.1, -0.05) is 18.2 Å². The van der Waals surface area contributed by atoms with E-state index in [1.54, 1.807) is 0 Å². The lowest BCUT2D eigenvalue weighted by Gasteiger charge is -2.14. The maximum atomic E-state index is 12.1. The summed E-state index contributed by atoms with van der Waals surface area (Å²) >= 11 is 0. The SMILES string of the molecule is O=C(N[C@@H]1CCNC1)C1COc2ccccc21. The first-order valence-corrected chi connectivity index (χ1v) is 6.07. The van der Waals surface area contributed by atoms with Gasteiger partial charge in [0.05, 0.1) is 0 Å². The molecule has 0 aliphatic carbocycles. The highest BCUT2D eigenvalue weighted by molar-refractivity contribution is 5.85. The van der Waals surface area contributed by atoms with Crippen molar-refractivity contribution in [2.75, 3.05) is 19.7 Å². The molecule has 3 rings (SSSR count). The number of hydrogen-bond donors (Lipinski definition) is 2. The first kappa shape index (κ1) is 10.6. The van der Waals surface area contributed by atoms with Crippen molar-refractivity contribution in [2.24, 2.45) is 0 Å². The van der Waals surface area contributed by atoms with Gasteiger partial charge in [-0.3, -0.25) is 4.79 Å². The van der Waals surface area contributed by atoms with Gasteiger partial charge in [0.15, 0.2) is 0 Å². The second-order valence-corrected chi connectivity index (χ2v) is 4.60. The van der Waals surface area contributed by atoms with Crippen molar-refractivity contribution in [2.45, 2.75) is 18.4 Å². The lowest BCUT2D eigenvalue weighted by Crippen LogP contribution is -2.39. The molecule has 17 heavy (non-hydrogen) atoms. The quantitative estimate of drug-likeness (QED) is 0.786. The van der Waals surface area contributed by atoms with Crippen LogP contribution in [0, 0.1) is 0 Å². The van der Waals surface area contributed by atoms with Gasteiger partial charge in [-0.2, -0.15) is 0 Å². The average Bonchev–Trinajstić information content (AvgIpc) is 2.96. The number of nitrogens with one attached hydrogen (secondary N) is 2. The molecule has 90 valence electrons. The molecule has 0 aromatic heterocycles. The van der Waals surface area contributed by atoms with E-state index in [0.29, 0.717) is 6.61 Å². The molecule has 1 saturated heterocycles. The van der Waals surface area contributed by atoms with E-state index in [1.165, 1.54) is 0 Å². The van der Waals surface area contributed by atoms with Gasteiger partial charge in [-0.25, -0.2) is 0 Å². The lowest BCUT2D eigenvalue weighted by atomic mass is 10.00. The molecule has 2 aliphatic heterocycles. The van der Waals surface area contributed by atoms with Crippen LogP contribution in [0.5, 0.6) is 5.75 Å².